The van der Waals surface area contributed by atoms with Gasteiger partial charge in [-0.1, -0.05) is 19.0 Å². The highest BCUT2D eigenvalue weighted by atomic mass is 16.5. The van der Waals surface area contributed by atoms with Gasteiger partial charge in [-0.3, -0.25) is 4.79 Å². The highest BCUT2D eigenvalue weighted by Crippen LogP contribution is 2.34. The van der Waals surface area contributed by atoms with Crippen molar-refractivity contribution >= 4 is 11.9 Å². The Bertz CT molecular complexity index is 888. The van der Waals surface area contributed by atoms with Gasteiger partial charge in [-0.15, -0.1) is 0 Å². The molecule has 1 atom stereocenters. The minimum atomic E-state index is 0.00597. The van der Waals surface area contributed by atoms with Gasteiger partial charge < -0.3 is 19.2 Å². The first-order valence-electron chi connectivity index (χ1n) is 10.9. The van der Waals surface area contributed by atoms with E-state index in [-0.39, 0.29) is 17.7 Å². The number of piperazine rings is 1. The van der Waals surface area contributed by atoms with Crippen LogP contribution >= 0.6 is 0 Å². The molecule has 162 valence electrons. The van der Waals surface area contributed by atoms with Crippen molar-refractivity contribution < 1.29 is 9.32 Å². The van der Waals surface area contributed by atoms with E-state index in [9.17, 15) is 4.79 Å². The van der Waals surface area contributed by atoms with E-state index >= 15 is 0 Å². The molecule has 1 unspecified atom stereocenters. The Morgan fingerprint density at radius 2 is 1.97 bits per heavy atom. The molecule has 2 aromatic heterocycles. The summed E-state index contributed by atoms with van der Waals surface area (Å²) in [5.41, 5.74) is 2.69. The van der Waals surface area contributed by atoms with Crippen LogP contribution in [0.2, 0.25) is 0 Å². The van der Waals surface area contributed by atoms with Gasteiger partial charge in [0.25, 0.3) is 0 Å². The molecule has 0 bridgehead atoms. The predicted molar refractivity (Wildman–Crippen MR) is 115 cm³/mol. The van der Waals surface area contributed by atoms with E-state index in [1.807, 2.05) is 37.9 Å². The number of rotatable bonds is 4. The monoisotopic (exact) mass is 412 g/mol. The molecular weight excluding hydrogens is 380 g/mol. The van der Waals surface area contributed by atoms with Crippen LogP contribution < -0.4 is 4.90 Å². The van der Waals surface area contributed by atoms with Gasteiger partial charge in [-0.25, -0.2) is 9.97 Å². The van der Waals surface area contributed by atoms with Crippen molar-refractivity contribution in [3.8, 4) is 11.3 Å². The maximum atomic E-state index is 12.6. The predicted octanol–water partition coefficient (Wildman–Crippen LogP) is 2.55. The number of aromatic nitrogens is 3. The molecule has 0 N–H and O–H groups in total. The summed E-state index contributed by atoms with van der Waals surface area (Å²) in [6.07, 6.45) is 3.85. The van der Waals surface area contributed by atoms with Gasteiger partial charge >= 0.3 is 0 Å². The van der Waals surface area contributed by atoms with Crippen molar-refractivity contribution in [3.63, 3.8) is 0 Å². The quantitative estimate of drug-likeness (QED) is 0.764. The van der Waals surface area contributed by atoms with Crippen LogP contribution in [-0.2, 0) is 4.79 Å². The molecule has 1 amide bonds. The number of hydrogen-bond donors (Lipinski definition) is 0. The number of likely N-dealkylation sites (tertiary alicyclic amines) is 1. The molecule has 0 aliphatic carbocycles. The van der Waals surface area contributed by atoms with Gasteiger partial charge in [0, 0.05) is 63.4 Å². The molecule has 0 radical (unpaired) electrons. The fourth-order valence-electron chi connectivity index (χ4n) is 4.30. The molecule has 2 aliphatic rings. The zero-order valence-corrected chi connectivity index (χ0v) is 18.5. The minimum absolute atomic E-state index is 0.00597. The van der Waals surface area contributed by atoms with Gasteiger partial charge in [0.2, 0.25) is 11.9 Å². The Kier molecular flexibility index (Phi) is 6.04. The fraction of sp³-hybridized carbons (Fsp3) is 0.636. The molecule has 4 rings (SSSR count). The average Bonchev–Trinajstić information content (AvgIpc) is 3.19. The van der Waals surface area contributed by atoms with Gasteiger partial charge in [-0.2, -0.15) is 0 Å². The maximum absolute atomic E-state index is 12.6. The lowest BCUT2D eigenvalue weighted by molar-refractivity contribution is -0.135. The molecule has 8 nitrogen and oxygen atoms in total. The summed E-state index contributed by atoms with van der Waals surface area (Å²) in [5, 5.41) is 4.06. The first kappa shape index (κ1) is 20.8. The zero-order valence-electron chi connectivity index (χ0n) is 18.5. The van der Waals surface area contributed by atoms with Crippen LogP contribution in [0.5, 0.6) is 0 Å². The summed E-state index contributed by atoms with van der Waals surface area (Å²) < 4.78 is 5.56. The van der Waals surface area contributed by atoms with Crippen LogP contribution in [-0.4, -0.2) is 77.1 Å². The summed E-state index contributed by atoms with van der Waals surface area (Å²) >= 11 is 0. The van der Waals surface area contributed by atoms with Crippen molar-refractivity contribution in [1.29, 1.82) is 0 Å². The molecular formula is C22H32N6O2. The Hall–Kier alpha value is -2.48. The van der Waals surface area contributed by atoms with Crippen molar-refractivity contribution in [3.05, 3.63) is 23.7 Å². The number of piperidine rings is 1. The third kappa shape index (κ3) is 4.33. The summed E-state index contributed by atoms with van der Waals surface area (Å²) in [7, 11) is 2.14. The molecule has 0 aromatic carbocycles. The van der Waals surface area contributed by atoms with E-state index in [0.717, 1.165) is 68.5 Å². The Labute approximate surface area is 178 Å². The molecule has 2 aromatic rings. The van der Waals surface area contributed by atoms with Gasteiger partial charge in [0.05, 0.1) is 17.0 Å². The number of amides is 1. The van der Waals surface area contributed by atoms with Crippen LogP contribution in [0.4, 0.5) is 5.95 Å². The van der Waals surface area contributed by atoms with Crippen molar-refractivity contribution in [2.24, 2.45) is 5.92 Å². The first-order valence-corrected chi connectivity index (χ1v) is 10.9. The molecule has 0 spiro atoms. The van der Waals surface area contributed by atoms with Gasteiger partial charge in [0.15, 0.2) is 5.76 Å². The lowest BCUT2D eigenvalue weighted by atomic mass is 9.90. The molecule has 2 fully saturated rings. The molecule has 2 saturated heterocycles. The van der Waals surface area contributed by atoms with Crippen LogP contribution in [0.3, 0.4) is 0 Å². The van der Waals surface area contributed by atoms with Crippen molar-refractivity contribution in [2.45, 2.75) is 39.5 Å². The number of carbonyl (C=O) groups is 1. The second-order valence-corrected chi connectivity index (χ2v) is 8.87. The average molecular weight is 413 g/mol. The first-order chi connectivity index (χ1) is 14.4. The summed E-state index contributed by atoms with van der Waals surface area (Å²) in [5.74, 6) is 1.85. The standard InChI is InChI=1S/C22H32N6O2/c1-15(2)21(29)28-7-5-6-17(14-28)20-18(19-12-16(3)25-30-19)13-23-22(24-20)27-10-8-26(4)9-11-27/h12-13,15,17H,5-11,14H2,1-4H3. The molecule has 0 saturated carbocycles. The molecule has 30 heavy (non-hydrogen) atoms. The zero-order chi connectivity index (χ0) is 21.3. The number of likely N-dealkylation sites (N-methyl/N-ethyl adjacent to an activating group) is 1. The fourth-order valence-corrected chi connectivity index (χ4v) is 4.30. The van der Waals surface area contributed by atoms with Gasteiger partial charge in [-0.05, 0) is 26.8 Å². The number of hydrogen-bond acceptors (Lipinski definition) is 7. The van der Waals surface area contributed by atoms with Crippen molar-refractivity contribution in [1.82, 2.24) is 24.9 Å². The third-order valence-corrected chi connectivity index (χ3v) is 6.10. The lowest BCUT2D eigenvalue weighted by Gasteiger charge is -2.35. The number of anilines is 1. The van der Waals surface area contributed by atoms with E-state index in [0.29, 0.717) is 12.3 Å². The van der Waals surface area contributed by atoms with E-state index in [1.165, 1.54) is 0 Å². The van der Waals surface area contributed by atoms with Crippen LogP contribution in [0.1, 0.15) is 44.0 Å². The van der Waals surface area contributed by atoms with Crippen molar-refractivity contribution in [2.75, 3.05) is 51.2 Å². The molecule has 4 heterocycles. The summed E-state index contributed by atoms with van der Waals surface area (Å²) in [6.45, 7) is 11.2. The maximum Gasteiger partial charge on any atom is 0.225 e. The Morgan fingerprint density at radius 3 is 2.63 bits per heavy atom. The number of aryl methyl sites for hydroxylation is 1. The van der Waals surface area contributed by atoms with E-state index in [1.54, 1.807) is 0 Å². The van der Waals surface area contributed by atoms with E-state index < -0.39 is 0 Å². The summed E-state index contributed by atoms with van der Waals surface area (Å²) in [6, 6.07) is 1.93. The summed E-state index contributed by atoms with van der Waals surface area (Å²) in [4.78, 5) is 28.9. The van der Waals surface area contributed by atoms with E-state index in [2.05, 4.69) is 27.0 Å². The second-order valence-electron chi connectivity index (χ2n) is 8.87. The number of carbonyl (C=O) groups excluding carboxylic acids is 1. The van der Waals surface area contributed by atoms with Crippen LogP contribution in [0.15, 0.2) is 16.8 Å². The lowest BCUT2D eigenvalue weighted by Crippen LogP contribution is -2.45. The normalized spacial score (nSPS) is 20.8. The number of nitrogens with zero attached hydrogens (tertiary/aromatic N) is 6. The van der Waals surface area contributed by atoms with Crippen LogP contribution in [0.25, 0.3) is 11.3 Å². The van der Waals surface area contributed by atoms with Crippen LogP contribution in [0, 0.1) is 12.8 Å². The molecule has 2 aliphatic heterocycles. The van der Waals surface area contributed by atoms with Gasteiger partial charge in [0.1, 0.15) is 0 Å². The topological polar surface area (TPSA) is 78.6 Å². The smallest absolute Gasteiger partial charge is 0.225 e. The van der Waals surface area contributed by atoms with E-state index in [4.69, 9.17) is 9.51 Å². The highest BCUT2D eigenvalue weighted by molar-refractivity contribution is 5.78. The third-order valence-electron chi connectivity index (χ3n) is 6.10. The minimum Gasteiger partial charge on any atom is -0.356 e. The SMILES string of the molecule is Cc1cc(-c2cnc(N3CCN(C)CC3)nc2C2CCCN(C(=O)C(C)C)C2)on1. The highest BCUT2D eigenvalue weighted by Gasteiger charge is 2.30. The largest absolute Gasteiger partial charge is 0.356 e. The Morgan fingerprint density at radius 1 is 1.20 bits per heavy atom. The Balaban J connectivity index is 1.67. The molecule has 8 heteroatoms. The second kappa shape index (κ2) is 8.71.